The predicted octanol–water partition coefficient (Wildman–Crippen LogP) is 5.33. The van der Waals surface area contributed by atoms with Crippen molar-refractivity contribution in [1.82, 2.24) is 0 Å². The lowest BCUT2D eigenvalue weighted by molar-refractivity contribution is 0.419. The van der Waals surface area contributed by atoms with Crippen molar-refractivity contribution in [2.45, 2.75) is 11.8 Å². The Bertz CT molecular complexity index is 870. The second kappa shape index (κ2) is 6.88. The molecule has 0 atom stereocenters. The number of aliphatic imine (C=N–C) groups is 1. The summed E-state index contributed by atoms with van der Waals surface area (Å²) in [5, 5.41) is 3.24. The van der Waals surface area contributed by atoms with Gasteiger partial charge in [-0.05, 0) is 30.0 Å². The minimum Gasteiger partial charge on any atom is -0.495 e. The highest BCUT2D eigenvalue weighted by Crippen LogP contribution is 2.35. The molecule has 0 aliphatic carbocycles. The van der Waals surface area contributed by atoms with Crippen LogP contribution in [0, 0.1) is 6.92 Å². The second-order valence-corrected chi connectivity index (χ2v) is 6.29. The topological polar surface area (TPSA) is 21.6 Å². The average Bonchev–Trinajstić information content (AvgIpc) is 2.60. The number of fused-ring (bicyclic) bond motifs is 1. The van der Waals surface area contributed by atoms with E-state index in [0.717, 1.165) is 21.7 Å². The minimum atomic E-state index is 0.879. The van der Waals surface area contributed by atoms with Crippen LogP contribution < -0.4 is 4.74 Å². The van der Waals surface area contributed by atoms with Crippen molar-refractivity contribution < 1.29 is 4.74 Å². The highest BCUT2D eigenvalue weighted by molar-refractivity contribution is 8.14. The maximum Gasteiger partial charge on any atom is 0.136 e. The number of ether oxygens (including phenoxy) is 1. The van der Waals surface area contributed by atoms with Crippen LogP contribution in [0.5, 0.6) is 5.75 Å². The van der Waals surface area contributed by atoms with E-state index in [4.69, 9.17) is 4.74 Å². The molecule has 0 heterocycles. The van der Waals surface area contributed by atoms with E-state index in [1.165, 1.54) is 15.8 Å². The van der Waals surface area contributed by atoms with Crippen molar-refractivity contribution in [3.05, 3.63) is 71.8 Å². The first-order chi connectivity index (χ1) is 11.2. The molecular formula is C20H19NOS. The Kier molecular flexibility index (Phi) is 4.68. The van der Waals surface area contributed by atoms with Gasteiger partial charge in [-0.1, -0.05) is 60.3 Å². The summed E-state index contributed by atoms with van der Waals surface area (Å²) < 4.78 is 5.72. The highest BCUT2D eigenvalue weighted by Gasteiger charge is 2.15. The Labute approximate surface area is 141 Å². The fourth-order valence-corrected chi connectivity index (χ4v) is 3.57. The minimum absolute atomic E-state index is 0.879. The van der Waals surface area contributed by atoms with Crippen LogP contribution in [0.2, 0.25) is 0 Å². The van der Waals surface area contributed by atoms with Crippen molar-refractivity contribution in [2.24, 2.45) is 4.99 Å². The van der Waals surface area contributed by atoms with E-state index in [1.807, 2.05) is 19.2 Å². The van der Waals surface area contributed by atoms with Gasteiger partial charge < -0.3 is 4.74 Å². The number of thioether (sulfide) groups is 1. The van der Waals surface area contributed by atoms with Crippen LogP contribution in [0.1, 0.15) is 11.1 Å². The molecular weight excluding hydrogens is 302 g/mol. The van der Waals surface area contributed by atoms with Crippen molar-refractivity contribution in [3.8, 4) is 5.75 Å². The molecule has 0 amide bonds. The van der Waals surface area contributed by atoms with Crippen LogP contribution in [0.25, 0.3) is 10.8 Å². The molecule has 0 radical (unpaired) electrons. The van der Waals surface area contributed by atoms with E-state index in [2.05, 4.69) is 60.4 Å². The van der Waals surface area contributed by atoms with E-state index in [-0.39, 0.29) is 0 Å². The molecule has 0 N–H and O–H groups in total. The van der Waals surface area contributed by atoms with Crippen molar-refractivity contribution in [1.29, 1.82) is 0 Å². The van der Waals surface area contributed by atoms with E-state index in [0.29, 0.717) is 0 Å². The molecule has 0 aliphatic heterocycles. The summed E-state index contributed by atoms with van der Waals surface area (Å²) in [4.78, 5) is 5.72. The van der Waals surface area contributed by atoms with Gasteiger partial charge in [0, 0.05) is 22.9 Å². The number of benzene rings is 3. The molecule has 0 bridgehead atoms. The number of hydrogen-bond donors (Lipinski definition) is 0. The number of nitrogens with zero attached hydrogens (tertiary/aromatic N) is 1. The van der Waals surface area contributed by atoms with Gasteiger partial charge in [-0.2, -0.15) is 0 Å². The third kappa shape index (κ3) is 3.10. The van der Waals surface area contributed by atoms with Crippen LogP contribution in [-0.4, -0.2) is 19.2 Å². The normalized spacial score (nSPS) is 11.7. The summed E-state index contributed by atoms with van der Waals surface area (Å²) in [5.41, 5.74) is 2.28. The zero-order valence-corrected chi connectivity index (χ0v) is 14.4. The van der Waals surface area contributed by atoms with Gasteiger partial charge >= 0.3 is 0 Å². The van der Waals surface area contributed by atoms with Gasteiger partial charge in [-0.3, -0.25) is 4.99 Å². The van der Waals surface area contributed by atoms with Crippen molar-refractivity contribution >= 4 is 27.6 Å². The van der Waals surface area contributed by atoms with Gasteiger partial charge in [0.15, 0.2) is 0 Å². The molecule has 3 aromatic carbocycles. The lowest BCUT2D eigenvalue weighted by atomic mass is 10.1. The zero-order chi connectivity index (χ0) is 16.2. The number of hydrogen-bond acceptors (Lipinski definition) is 3. The molecule has 3 rings (SSSR count). The summed E-state index contributed by atoms with van der Waals surface area (Å²) >= 11 is 1.68. The standard InChI is InChI=1S/C20H19NOS/c1-14-8-4-7-11-18(14)23-20(21-2)17-13-12-15-9-5-6-10-16(15)19(17)22-3/h4-13H,1-3H3/b21-20+. The predicted molar refractivity (Wildman–Crippen MR) is 100.0 cm³/mol. The van der Waals surface area contributed by atoms with Crippen LogP contribution in [0.4, 0.5) is 0 Å². The Balaban J connectivity index is 2.09. The Morgan fingerprint density at radius 3 is 2.43 bits per heavy atom. The van der Waals surface area contributed by atoms with Crippen molar-refractivity contribution in [3.63, 3.8) is 0 Å². The lowest BCUT2D eigenvalue weighted by Gasteiger charge is -2.14. The van der Waals surface area contributed by atoms with E-state index >= 15 is 0 Å². The van der Waals surface area contributed by atoms with Gasteiger partial charge in [0.05, 0.1) is 7.11 Å². The van der Waals surface area contributed by atoms with Crippen LogP contribution in [0.15, 0.2) is 70.6 Å². The Hall–Kier alpha value is -2.26. The fraction of sp³-hybridized carbons (Fsp3) is 0.150. The largest absolute Gasteiger partial charge is 0.495 e. The molecule has 2 nitrogen and oxygen atoms in total. The fourth-order valence-electron chi connectivity index (χ4n) is 2.63. The molecule has 116 valence electrons. The van der Waals surface area contributed by atoms with Crippen molar-refractivity contribution in [2.75, 3.05) is 14.2 Å². The summed E-state index contributed by atoms with van der Waals surface area (Å²) in [6.45, 7) is 2.12. The number of rotatable bonds is 3. The molecule has 3 aromatic rings. The van der Waals surface area contributed by atoms with Crippen LogP contribution in [-0.2, 0) is 0 Å². The molecule has 0 unspecified atom stereocenters. The molecule has 0 saturated heterocycles. The Morgan fingerprint density at radius 1 is 0.957 bits per heavy atom. The summed E-state index contributed by atoms with van der Waals surface area (Å²) in [6.07, 6.45) is 0. The SMILES string of the molecule is C/N=C(/Sc1ccccc1C)c1ccc2ccccc2c1OC. The number of aryl methyl sites for hydroxylation is 1. The van der Waals surface area contributed by atoms with Gasteiger partial charge in [-0.15, -0.1) is 0 Å². The zero-order valence-electron chi connectivity index (χ0n) is 13.5. The van der Waals surface area contributed by atoms with E-state index < -0.39 is 0 Å². The molecule has 0 saturated carbocycles. The van der Waals surface area contributed by atoms with Gasteiger partial charge in [0.1, 0.15) is 10.8 Å². The van der Waals surface area contributed by atoms with E-state index in [9.17, 15) is 0 Å². The monoisotopic (exact) mass is 321 g/mol. The number of methoxy groups -OCH3 is 1. The van der Waals surface area contributed by atoms with Crippen LogP contribution in [0.3, 0.4) is 0 Å². The second-order valence-electron chi connectivity index (χ2n) is 5.26. The molecule has 23 heavy (non-hydrogen) atoms. The first-order valence-electron chi connectivity index (χ1n) is 7.51. The smallest absolute Gasteiger partial charge is 0.136 e. The lowest BCUT2D eigenvalue weighted by Crippen LogP contribution is -2.01. The molecule has 0 aromatic heterocycles. The maximum atomic E-state index is 5.72. The van der Waals surface area contributed by atoms with Gasteiger partial charge in [0.2, 0.25) is 0 Å². The highest BCUT2D eigenvalue weighted by atomic mass is 32.2. The average molecular weight is 321 g/mol. The first-order valence-corrected chi connectivity index (χ1v) is 8.32. The quantitative estimate of drug-likeness (QED) is 0.370. The summed E-state index contributed by atoms with van der Waals surface area (Å²) in [7, 11) is 3.55. The summed E-state index contributed by atoms with van der Waals surface area (Å²) in [5.74, 6) is 0.879. The maximum absolute atomic E-state index is 5.72. The van der Waals surface area contributed by atoms with E-state index in [1.54, 1.807) is 18.9 Å². The van der Waals surface area contributed by atoms with Crippen LogP contribution >= 0.6 is 11.8 Å². The molecule has 3 heteroatoms. The first kappa shape index (κ1) is 15.6. The third-order valence-corrected chi connectivity index (χ3v) is 5.09. The Morgan fingerprint density at radius 2 is 1.70 bits per heavy atom. The third-order valence-electron chi connectivity index (χ3n) is 3.82. The molecule has 0 aliphatic rings. The van der Waals surface area contributed by atoms with Gasteiger partial charge in [0.25, 0.3) is 0 Å². The molecule has 0 fully saturated rings. The van der Waals surface area contributed by atoms with Gasteiger partial charge in [-0.25, -0.2) is 0 Å². The molecule has 0 spiro atoms. The summed E-state index contributed by atoms with van der Waals surface area (Å²) in [6, 6.07) is 20.8.